The maximum Gasteiger partial charge on any atom is 0.128 e. The predicted molar refractivity (Wildman–Crippen MR) is 85.2 cm³/mol. The molecule has 0 aliphatic carbocycles. The van der Waals surface area contributed by atoms with Crippen LogP contribution in [0.5, 0.6) is 0 Å². The first-order valence-corrected chi connectivity index (χ1v) is 7.25. The van der Waals surface area contributed by atoms with Gasteiger partial charge in [0.25, 0.3) is 0 Å². The van der Waals surface area contributed by atoms with E-state index in [1.807, 2.05) is 31.4 Å². The van der Waals surface area contributed by atoms with Crippen LogP contribution >= 0.6 is 0 Å². The summed E-state index contributed by atoms with van der Waals surface area (Å²) >= 11 is 0. The molecular formula is C17H14FN5. The third kappa shape index (κ3) is 2.48. The van der Waals surface area contributed by atoms with E-state index in [1.54, 1.807) is 34.0 Å². The Labute approximate surface area is 132 Å². The summed E-state index contributed by atoms with van der Waals surface area (Å²) in [5, 5.41) is 8.40. The number of benzene rings is 1. The summed E-state index contributed by atoms with van der Waals surface area (Å²) in [4.78, 5) is 4.24. The summed E-state index contributed by atoms with van der Waals surface area (Å²) < 4.78 is 17.9. The normalized spacial score (nSPS) is 11.2. The molecule has 0 saturated heterocycles. The summed E-state index contributed by atoms with van der Waals surface area (Å²) in [6.07, 6.45) is 7.00. The third-order valence-electron chi connectivity index (χ3n) is 3.83. The van der Waals surface area contributed by atoms with Crippen molar-refractivity contribution in [2.45, 2.75) is 6.54 Å². The predicted octanol–water partition coefficient (Wildman–Crippen LogP) is 3.02. The average Bonchev–Trinajstić information content (AvgIpc) is 3.16. The molecule has 6 heteroatoms. The Morgan fingerprint density at radius 3 is 2.78 bits per heavy atom. The van der Waals surface area contributed by atoms with Gasteiger partial charge in [-0.2, -0.15) is 10.2 Å². The Balaban J connectivity index is 1.67. The number of rotatable bonds is 3. The van der Waals surface area contributed by atoms with Crippen LogP contribution in [0.3, 0.4) is 0 Å². The first-order chi connectivity index (χ1) is 11.2. The van der Waals surface area contributed by atoms with Crippen LogP contribution in [0.25, 0.3) is 22.2 Å². The second-order valence-electron chi connectivity index (χ2n) is 5.42. The minimum absolute atomic E-state index is 0.251. The molecule has 0 amide bonds. The fourth-order valence-electron chi connectivity index (χ4n) is 2.63. The molecule has 0 N–H and O–H groups in total. The lowest BCUT2D eigenvalue weighted by atomic mass is 10.1. The van der Waals surface area contributed by atoms with Gasteiger partial charge in [0.1, 0.15) is 11.3 Å². The lowest BCUT2D eigenvalue weighted by molar-refractivity contribution is 0.591. The number of nitrogens with zero attached hydrogens (tertiary/aromatic N) is 5. The van der Waals surface area contributed by atoms with Crippen LogP contribution in [0.2, 0.25) is 0 Å². The van der Waals surface area contributed by atoms with Gasteiger partial charge >= 0.3 is 0 Å². The Morgan fingerprint density at radius 2 is 2.00 bits per heavy atom. The Morgan fingerprint density at radius 1 is 1.09 bits per heavy atom. The van der Waals surface area contributed by atoms with Gasteiger partial charge < -0.3 is 0 Å². The van der Waals surface area contributed by atoms with Crippen LogP contribution in [0.4, 0.5) is 4.39 Å². The van der Waals surface area contributed by atoms with E-state index in [0.29, 0.717) is 12.1 Å². The highest BCUT2D eigenvalue weighted by atomic mass is 19.1. The molecule has 0 aliphatic rings. The second kappa shape index (κ2) is 5.31. The Kier molecular flexibility index (Phi) is 3.15. The molecule has 0 unspecified atom stereocenters. The average molecular weight is 307 g/mol. The van der Waals surface area contributed by atoms with E-state index >= 15 is 0 Å². The van der Waals surface area contributed by atoms with Crippen LogP contribution in [-0.4, -0.2) is 24.5 Å². The number of hydrogen-bond donors (Lipinski definition) is 0. The standard InChI is InChI=1S/C17H14FN5/c1-22-10-14(8-20-22)12-4-5-13(15(18)7-12)11-23-17-3-2-6-19-16(17)9-21-23/h2-10H,11H2,1H3. The van der Waals surface area contributed by atoms with E-state index in [0.717, 1.165) is 22.2 Å². The molecule has 4 rings (SSSR count). The Hall–Kier alpha value is -3.02. The van der Waals surface area contributed by atoms with Crippen molar-refractivity contribution in [3.05, 3.63) is 66.5 Å². The van der Waals surface area contributed by atoms with Gasteiger partial charge in [-0.3, -0.25) is 14.3 Å². The summed E-state index contributed by atoms with van der Waals surface area (Å²) in [6.45, 7) is 0.369. The van der Waals surface area contributed by atoms with E-state index in [-0.39, 0.29) is 5.82 Å². The minimum Gasteiger partial charge on any atom is -0.275 e. The van der Waals surface area contributed by atoms with Crippen molar-refractivity contribution < 1.29 is 4.39 Å². The van der Waals surface area contributed by atoms with Gasteiger partial charge in [-0.15, -0.1) is 0 Å². The van der Waals surface area contributed by atoms with Gasteiger partial charge in [0, 0.05) is 30.6 Å². The number of aromatic nitrogens is 5. The maximum atomic E-state index is 14.5. The van der Waals surface area contributed by atoms with E-state index in [2.05, 4.69) is 15.2 Å². The fraction of sp³-hybridized carbons (Fsp3) is 0.118. The molecule has 1 aromatic carbocycles. The molecule has 0 atom stereocenters. The van der Waals surface area contributed by atoms with Crippen molar-refractivity contribution in [2.75, 3.05) is 0 Å². The van der Waals surface area contributed by atoms with Crippen molar-refractivity contribution in [1.29, 1.82) is 0 Å². The molecule has 114 valence electrons. The van der Waals surface area contributed by atoms with Crippen LogP contribution < -0.4 is 0 Å². The number of pyridine rings is 1. The van der Waals surface area contributed by atoms with Crippen LogP contribution in [0.1, 0.15) is 5.56 Å². The second-order valence-corrected chi connectivity index (χ2v) is 5.42. The fourth-order valence-corrected chi connectivity index (χ4v) is 2.63. The van der Waals surface area contributed by atoms with Crippen molar-refractivity contribution in [1.82, 2.24) is 24.5 Å². The third-order valence-corrected chi connectivity index (χ3v) is 3.83. The van der Waals surface area contributed by atoms with E-state index in [4.69, 9.17) is 0 Å². The number of fused-ring (bicyclic) bond motifs is 1. The van der Waals surface area contributed by atoms with E-state index in [1.165, 1.54) is 6.07 Å². The zero-order valence-electron chi connectivity index (χ0n) is 12.5. The molecule has 0 bridgehead atoms. The molecule has 0 saturated carbocycles. The van der Waals surface area contributed by atoms with Gasteiger partial charge in [-0.1, -0.05) is 12.1 Å². The largest absolute Gasteiger partial charge is 0.275 e. The summed E-state index contributed by atoms with van der Waals surface area (Å²) in [5.41, 5.74) is 3.99. The van der Waals surface area contributed by atoms with Crippen molar-refractivity contribution in [3.8, 4) is 11.1 Å². The monoisotopic (exact) mass is 307 g/mol. The number of aryl methyl sites for hydroxylation is 1. The first-order valence-electron chi connectivity index (χ1n) is 7.25. The first kappa shape index (κ1) is 13.6. The minimum atomic E-state index is -0.251. The number of hydrogen-bond acceptors (Lipinski definition) is 3. The Bertz CT molecular complexity index is 985. The molecule has 0 aliphatic heterocycles. The van der Waals surface area contributed by atoms with Crippen molar-refractivity contribution >= 4 is 11.0 Å². The summed E-state index contributed by atoms with van der Waals surface area (Å²) in [7, 11) is 1.84. The molecule has 3 heterocycles. The number of halogens is 1. The van der Waals surface area contributed by atoms with E-state index < -0.39 is 0 Å². The lowest BCUT2D eigenvalue weighted by Gasteiger charge is -2.07. The van der Waals surface area contributed by atoms with Crippen molar-refractivity contribution in [2.24, 2.45) is 7.05 Å². The van der Waals surface area contributed by atoms with Crippen molar-refractivity contribution in [3.63, 3.8) is 0 Å². The van der Waals surface area contributed by atoms with Gasteiger partial charge in [0.15, 0.2) is 0 Å². The van der Waals surface area contributed by atoms with Gasteiger partial charge in [-0.25, -0.2) is 4.39 Å². The van der Waals surface area contributed by atoms with Gasteiger partial charge in [-0.05, 0) is 23.8 Å². The highest BCUT2D eigenvalue weighted by molar-refractivity contribution is 5.73. The topological polar surface area (TPSA) is 48.5 Å². The highest BCUT2D eigenvalue weighted by Gasteiger charge is 2.09. The van der Waals surface area contributed by atoms with Crippen LogP contribution in [0.15, 0.2) is 55.1 Å². The van der Waals surface area contributed by atoms with Crippen LogP contribution in [0, 0.1) is 5.82 Å². The molecule has 0 fully saturated rings. The summed E-state index contributed by atoms with van der Waals surface area (Å²) in [5.74, 6) is -0.251. The molecule has 3 aromatic heterocycles. The molecule has 0 radical (unpaired) electrons. The molecule has 0 spiro atoms. The van der Waals surface area contributed by atoms with Crippen LogP contribution in [-0.2, 0) is 13.6 Å². The van der Waals surface area contributed by atoms with Gasteiger partial charge in [0.2, 0.25) is 0 Å². The molecular weight excluding hydrogens is 293 g/mol. The van der Waals surface area contributed by atoms with Gasteiger partial charge in [0.05, 0.1) is 24.5 Å². The quantitative estimate of drug-likeness (QED) is 0.584. The molecule has 23 heavy (non-hydrogen) atoms. The SMILES string of the molecule is Cn1cc(-c2ccc(Cn3ncc4ncccc43)c(F)c2)cn1. The molecule has 5 nitrogen and oxygen atoms in total. The smallest absolute Gasteiger partial charge is 0.128 e. The lowest BCUT2D eigenvalue weighted by Crippen LogP contribution is -2.03. The maximum absolute atomic E-state index is 14.5. The zero-order valence-corrected chi connectivity index (χ0v) is 12.5. The van der Waals surface area contributed by atoms with E-state index in [9.17, 15) is 4.39 Å². The summed E-state index contributed by atoms with van der Waals surface area (Å²) in [6, 6.07) is 9.01. The molecule has 4 aromatic rings. The zero-order chi connectivity index (χ0) is 15.8. The highest BCUT2D eigenvalue weighted by Crippen LogP contribution is 2.22.